The lowest BCUT2D eigenvalue weighted by atomic mass is 10.1. The first kappa shape index (κ1) is 14.8. The van der Waals surface area contributed by atoms with Gasteiger partial charge in [0.15, 0.2) is 5.82 Å². The van der Waals surface area contributed by atoms with E-state index < -0.39 is 17.5 Å². The van der Waals surface area contributed by atoms with Gasteiger partial charge in [-0.2, -0.15) is 5.10 Å². The van der Waals surface area contributed by atoms with Crippen LogP contribution in [0, 0.1) is 18.6 Å². The second-order valence-corrected chi connectivity index (χ2v) is 4.90. The van der Waals surface area contributed by atoms with Gasteiger partial charge in [-0.3, -0.25) is 9.89 Å². The number of aryl methyl sites for hydroxylation is 1. The van der Waals surface area contributed by atoms with Gasteiger partial charge < -0.3 is 5.32 Å². The van der Waals surface area contributed by atoms with Gasteiger partial charge in [-0.05, 0) is 31.2 Å². The molecule has 0 aliphatic rings. The molecule has 3 rings (SSSR count). The number of halogens is 2. The Bertz CT molecular complexity index is 859. The van der Waals surface area contributed by atoms with Crippen LogP contribution in [0.4, 0.5) is 14.5 Å². The molecule has 0 saturated heterocycles. The minimum Gasteiger partial charge on any atom is -0.319 e. The van der Waals surface area contributed by atoms with Crippen molar-refractivity contribution in [1.29, 1.82) is 0 Å². The molecule has 0 radical (unpaired) electrons. The van der Waals surface area contributed by atoms with Crippen molar-refractivity contribution in [2.45, 2.75) is 6.92 Å². The zero-order valence-electron chi connectivity index (χ0n) is 12.1. The lowest BCUT2D eigenvalue weighted by Gasteiger charge is -2.07. The van der Waals surface area contributed by atoms with E-state index in [4.69, 9.17) is 0 Å². The van der Waals surface area contributed by atoms with E-state index in [0.717, 1.165) is 11.6 Å². The summed E-state index contributed by atoms with van der Waals surface area (Å²) in [6, 6.07) is 9.51. The largest absolute Gasteiger partial charge is 0.319 e. The van der Waals surface area contributed by atoms with Gasteiger partial charge in [0.1, 0.15) is 17.5 Å². The van der Waals surface area contributed by atoms with Crippen LogP contribution in [-0.2, 0) is 0 Å². The molecule has 1 amide bonds. The van der Waals surface area contributed by atoms with E-state index in [2.05, 4.69) is 20.5 Å². The number of aromatic amines is 1. The van der Waals surface area contributed by atoms with Crippen LogP contribution in [0.15, 0.2) is 42.5 Å². The van der Waals surface area contributed by atoms with E-state index in [9.17, 15) is 13.6 Å². The van der Waals surface area contributed by atoms with E-state index in [1.54, 1.807) is 31.2 Å². The number of hydrogen-bond acceptors (Lipinski definition) is 3. The number of hydrogen-bond donors (Lipinski definition) is 2. The molecule has 2 N–H and O–H groups in total. The summed E-state index contributed by atoms with van der Waals surface area (Å²) in [5.41, 5.74) is 1.01. The number of benzene rings is 2. The fraction of sp³-hybridized carbons (Fsp3) is 0.0625. The minimum absolute atomic E-state index is 0.0786. The third-order valence-corrected chi connectivity index (χ3v) is 3.18. The average molecular weight is 314 g/mol. The number of anilines is 1. The van der Waals surface area contributed by atoms with Crippen LogP contribution in [0.2, 0.25) is 0 Å². The number of nitrogens with zero attached hydrogens (tertiary/aromatic N) is 2. The predicted octanol–water partition coefficient (Wildman–Crippen LogP) is 3.31. The number of amides is 1. The first-order valence-corrected chi connectivity index (χ1v) is 6.79. The average Bonchev–Trinajstić information content (AvgIpc) is 2.97. The van der Waals surface area contributed by atoms with Crippen molar-refractivity contribution in [3.05, 3.63) is 65.5 Å². The maximum atomic E-state index is 13.5. The summed E-state index contributed by atoms with van der Waals surface area (Å²) in [4.78, 5) is 16.3. The molecule has 3 aromatic rings. The van der Waals surface area contributed by atoms with Gasteiger partial charge in [0.05, 0.1) is 5.69 Å². The molecule has 23 heavy (non-hydrogen) atoms. The van der Waals surface area contributed by atoms with Gasteiger partial charge >= 0.3 is 0 Å². The zero-order chi connectivity index (χ0) is 16.4. The highest BCUT2D eigenvalue weighted by Crippen LogP contribution is 2.18. The first-order valence-electron chi connectivity index (χ1n) is 6.79. The molecule has 0 aliphatic heterocycles. The monoisotopic (exact) mass is 314 g/mol. The summed E-state index contributed by atoms with van der Waals surface area (Å²) in [6.07, 6.45) is 0. The van der Waals surface area contributed by atoms with Gasteiger partial charge in [-0.1, -0.05) is 12.1 Å². The standard InChI is InChI=1S/C16H12F2N4O/c1-9-19-15(22-21-9)10-2-4-11(5-3-10)16(23)20-14-7-6-12(17)8-13(14)18/h2-8H,1H3,(H,20,23)(H,19,21,22). The summed E-state index contributed by atoms with van der Waals surface area (Å²) in [5.74, 6) is -0.807. The van der Waals surface area contributed by atoms with Gasteiger partial charge in [-0.15, -0.1) is 0 Å². The molecule has 1 heterocycles. The maximum absolute atomic E-state index is 13.5. The van der Waals surface area contributed by atoms with E-state index in [1.807, 2.05) is 0 Å². The number of aromatic nitrogens is 3. The molecule has 1 aromatic heterocycles. The topological polar surface area (TPSA) is 70.7 Å². The smallest absolute Gasteiger partial charge is 0.255 e. The number of carbonyl (C=O) groups is 1. The fourth-order valence-electron chi connectivity index (χ4n) is 2.03. The number of H-pyrrole nitrogens is 1. The van der Waals surface area contributed by atoms with Crippen molar-refractivity contribution in [3.63, 3.8) is 0 Å². The molecule has 0 aliphatic carbocycles. The summed E-state index contributed by atoms with van der Waals surface area (Å²) < 4.78 is 26.4. The molecule has 0 fully saturated rings. The molecule has 0 spiro atoms. The highest BCUT2D eigenvalue weighted by atomic mass is 19.1. The van der Waals surface area contributed by atoms with Crippen LogP contribution in [-0.4, -0.2) is 21.1 Å². The molecular weight excluding hydrogens is 302 g/mol. The first-order chi connectivity index (χ1) is 11.0. The van der Waals surface area contributed by atoms with Gasteiger partial charge in [0.2, 0.25) is 0 Å². The number of rotatable bonds is 3. The van der Waals surface area contributed by atoms with E-state index in [0.29, 0.717) is 23.3 Å². The molecule has 0 atom stereocenters. The van der Waals surface area contributed by atoms with Crippen molar-refractivity contribution in [2.24, 2.45) is 0 Å². The number of nitrogens with one attached hydrogen (secondary N) is 2. The Labute approximate surface area is 130 Å². The predicted molar refractivity (Wildman–Crippen MR) is 80.9 cm³/mol. The SMILES string of the molecule is Cc1nc(-c2ccc(C(=O)Nc3ccc(F)cc3F)cc2)n[nH]1. The van der Waals surface area contributed by atoms with Crippen LogP contribution in [0.5, 0.6) is 0 Å². The lowest BCUT2D eigenvalue weighted by Crippen LogP contribution is -2.13. The van der Waals surface area contributed by atoms with Crippen molar-refractivity contribution in [3.8, 4) is 11.4 Å². The lowest BCUT2D eigenvalue weighted by molar-refractivity contribution is 0.102. The van der Waals surface area contributed by atoms with Crippen LogP contribution in [0.25, 0.3) is 11.4 Å². The second kappa shape index (κ2) is 5.96. The van der Waals surface area contributed by atoms with Gasteiger partial charge in [-0.25, -0.2) is 13.8 Å². The van der Waals surface area contributed by atoms with Crippen LogP contribution < -0.4 is 5.32 Å². The summed E-state index contributed by atoms with van der Waals surface area (Å²) >= 11 is 0. The fourth-order valence-corrected chi connectivity index (χ4v) is 2.03. The van der Waals surface area contributed by atoms with Crippen molar-refractivity contribution >= 4 is 11.6 Å². The molecule has 116 valence electrons. The Morgan fingerprint density at radius 1 is 1.13 bits per heavy atom. The Hall–Kier alpha value is -3.09. The third kappa shape index (κ3) is 3.23. The van der Waals surface area contributed by atoms with Crippen molar-refractivity contribution in [1.82, 2.24) is 15.2 Å². The van der Waals surface area contributed by atoms with Crippen molar-refractivity contribution < 1.29 is 13.6 Å². The third-order valence-electron chi connectivity index (χ3n) is 3.18. The molecule has 7 heteroatoms. The van der Waals surface area contributed by atoms with Crippen LogP contribution in [0.3, 0.4) is 0 Å². The van der Waals surface area contributed by atoms with Crippen LogP contribution >= 0.6 is 0 Å². The molecular formula is C16H12F2N4O. The molecule has 0 bridgehead atoms. The highest BCUT2D eigenvalue weighted by molar-refractivity contribution is 6.04. The van der Waals surface area contributed by atoms with Crippen LogP contribution in [0.1, 0.15) is 16.2 Å². The molecule has 0 unspecified atom stereocenters. The van der Waals surface area contributed by atoms with E-state index >= 15 is 0 Å². The Morgan fingerprint density at radius 3 is 2.48 bits per heavy atom. The van der Waals surface area contributed by atoms with Gasteiger partial charge in [0.25, 0.3) is 5.91 Å². The summed E-state index contributed by atoms with van der Waals surface area (Å²) in [7, 11) is 0. The van der Waals surface area contributed by atoms with Crippen molar-refractivity contribution in [2.75, 3.05) is 5.32 Å². The minimum atomic E-state index is -0.828. The van der Waals surface area contributed by atoms with E-state index in [-0.39, 0.29) is 5.69 Å². The Balaban J connectivity index is 1.77. The van der Waals surface area contributed by atoms with Gasteiger partial charge in [0, 0.05) is 17.2 Å². The quantitative estimate of drug-likeness (QED) is 0.779. The summed E-state index contributed by atoms with van der Waals surface area (Å²) in [5, 5.41) is 9.16. The molecule has 0 saturated carbocycles. The zero-order valence-corrected chi connectivity index (χ0v) is 12.1. The maximum Gasteiger partial charge on any atom is 0.255 e. The number of carbonyl (C=O) groups excluding carboxylic acids is 1. The molecule has 2 aromatic carbocycles. The summed E-state index contributed by atoms with van der Waals surface area (Å²) in [6.45, 7) is 1.79. The molecule has 5 nitrogen and oxygen atoms in total. The highest BCUT2D eigenvalue weighted by Gasteiger charge is 2.11. The second-order valence-electron chi connectivity index (χ2n) is 4.90. The Kier molecular flexibility index (Phi) is 3.84. The van der Waals surface area contributed by atoms with E-state index in [1.165, 1.54) is 6.07 Å². The normalized spacial score (nSPS) is 10.6. The Morgan fingerprint density at radius 2 is 1.87 bits per heavy atom.